The molecule has 0 saturated carbocycles. The van der Waals surface area contributed by atoms with Crippen molar-refractivity contribution in [2.24, 2.45) is 0 Å². The van der Waals surface area contributed by atoms with Gasteiger partial charge in [0.05, 0.1) is 11.9 Å². The molecule has 86 valence electrons. The van der Waals surface area contributed by atoms with Crippen LogP contribution in [0.3, 0.4) is 0 Å². The third-order valence-electron chi connectivity index (χ3n) is 2.59. The second-order valence-corrected chi connectivity index (χ2v) is 3.87. The molecule has 0 bridgehead atoms. The summed E-state index contributed by atoms with van der Waals surface area (Å²) in [5, 5.41) is 8.88. The zero-order valence-electron chi connectivity index (χ0n) is 9.07. The smallest absolute Gasteiger partial charge is 0.319 e. The highest BCUT2D eigenvalue weighted by molar-refractivity contribution is 5.88. The number of nitrogens with one attached hydrogen (secondary N) is 3. The average molecular weight is 220 g/mol. The molecule has 0 aliphatic carbocycles. The van der Waals surface area contributed by atoms with Gasteiger partial charge in [-0.3, -0.25) is 4.98 Å². The van der Waals surface area contributed by atoms with Gasteiger partial charge in [-0.2, -0.15) is 0 Å². The zero-order chi connectivity index (χ0) is 11.2. The lowest BCUT2D eigenvalue weighted by Gasteiger charge is -2.12. The fourth-order valence-corrected chi connectivity index (χ4v) is 1.76. The van der Waals surface area contributed by atoms with E-state index in [9.17, 15) is 4.79 Å². The first kappa shape index (κ1) is 10.9. The Morgan fingerprint density at radius 2 is 2.56 bits per heavy atom. The van der Waals surface area contributed by atoms with Gasteiger partial charge in [0, 0.05) is 18.8 Å². The Kier molecular flexibility index (Phi) is 3.71. The number of pyridine rings is 1. The number of carbonyl (C=O) groups is 1. The van der Waals surface area contributed by atoms with Crippen LogP contribution in [0.25, 0.3) is 0 Å². The van der Waals surface area contributed by atoms with Crippen molar-refractivity contribution in [1.29, 1.82) is 0 Å². The Bertz CT molecular complexity index is 335. The summed E-state index contributed by atoms with van der Waals surface area (Å²) in [5.74, 6) is 0. The summed E-state index contributed by atoms with van der Waals surface area (Å²) in [5.41, 5.74) is 0.708. The van der Waals surface area contributed by atoms with Crippen molar-refractivity contribution in [2.45, 2.75) is 18.9 Å². The molecule has 1 atom stereocenters. The molecule has 1 aromatic heterocycles. The zero-order valence-corrected chi connectivity index (χ0v) is 9.07. The summed E-state index contributed by atoms with van der Waals surface area (Å²) in [4.78, 5) is 15.4. The lowest BCUT2D eigenvalue weighted by molar-refractivity contribution is 0.251. The molecule has 2 heterocycles. The monoisotopic (exact) mass is 220 g/mol. The van der Waals surface area contributed by atoms with Crippen molar-refractivity contribution in [1.82, 2.24) is 15.6 Å². The van der Waals surface area contributed by atoms with Gasteiger partial charge in [0.2, 0.25) is 0 Å². The Morgan fingerprint density at radius 1 is 1.62 bits per heavy atom. The van der Waals surface area contributed by atoms with E-state index >= 15 is 0 Å². The van der Waals surface area contributed by atoms with Crippen molar-refractivity contribution in [2.75, 3.05) is 18.4 Å². The number of carbonyl (C=O) groups excluding carboxylic acids is 1. The van der Waals surface area contributed by atoms with Crippen LogP contribution in [0.5, 0.6) is 0 Å². The van der Waals surface area contributed by atoms with Crippen LogP contribution in [0.1, 0.15) is 12.8 Å². The first-order valence-electron chi connectivity index (χ1n) is 5.53. The Hall–Kier alpha value is -1.62. The number of rotatable bonds is 3. The van der Waals surface area contributed by atoms with Crippen LogP contribution in [0.4, 0.5) is 10.5 Å². The van der Waals surface area contributed by atoms with E-state index < -0.39 is 0 Å². The standard InChI is InChI=1S/C11H16N4O/c16-11(14-8-9-3-2-6-13-9)15-10-4-1-5-12-7-10/h1,4-5,7,9,13H,2-3,6,8H2,(H2,14,15,16). The number of nitrogens with zero attached hydrogens (tertiary/aromatic N) is 1. The van der Waals surface area contributed by atoms with Crippen LogP contribution in [-0.2, 0) is 0 Å². The van der Waals surface area contributed by atoms with E-state index in [0.29, 0.717) is 18.3 Å². The largest absolute Gasteiger partial charge is 0.336 e. The Morgan fingerprint density at radius 3 is 3.25 bits per heavy atom. The van der Waals surface area contributed by atoms with Gasteiger partial charge < -0.3 is 16.0 Å². The molecule has 2 amide bonds. The summed E-state index contributed by atoms with van der Waals surface area (Å²) in [6.07, 6.45) is 5.61. The minimum absolute atomic E-state index is 0.179. The molecule has 1 aromatic rings. The van der Waals surface area contributed by atoms with Crippen molar-refractivity contribution < 1.29 is 4.79 Å². The van der Waals surface area contributed by atoms with E-state index in [1.807, 2.05) is 0 Å². The van der Waals surface area contributed by atoms with E-state index in [1.54, 1.807) is 24.5 Å². The van der Waals surface area contributed by atoms with Crippen LogP contribution < -0.4 is 16.0 Å². The van der Waals surface area contributed by atoms with Crippen molar-refractivity contribution in [3.63, 3.8) is 0 Å². The lowest BCUT2D eigenvalue weighted by atomic mass is 10.2. The predicted molar refractivity (Wildman–Crippen MR) is 62.3 cm³/mol. The highest BCUT2D eigenvalue weighted by Gasteiger charge is 2.14. The number of hydrogen-bond donors (Lipinski definition) is 3. The van der Waals surface area contributed by atoms with Crippen molar-refractivity contribution in [3.05, 3.63) is 24.5 Å². The van der Waals surface area contributed by atoms with Gasteiger partial charge in [0.15, 0.2) is 0 Å². The molecule has 0 spiro atoms. The summed E-state index contributed by atoms with van der Waals surface area (Å²) in [6, 6.07) is 3.83. The molecular weight excluding hydrogens is 204 g/mol. The highest BCUT2D eigenvalue weighted by Crippen LogP contribution is 2.04. The first-order valence-corrected chi connectivity index (χ1v) is 5.53. The SMILES string of the molecule is O=C(NCC1CCCN1)Nc1cccnc1. The molecule has 1 aliphatic heterocycles. The van der Waals surface area contributed by atoms with Gasteiger partial charge >= 0.3 is 6.03 Å². The predicted octanol–water partition coefficient (Wildman–Crippen LogP) is 0.955. The van der Waals surface area contributed by atoms with E-state index in [2.05, 4.69) is 20.9 Å². The molecule has 0 radical (unpaired) electrons. The van der Waals surface area contributed by atoms with Gasteiger partial charge in [-0.1, -0.05) is 0 Å². The van der Waals surface area contributed by atoms with E-state index in [4.69, 9.17) is 0 Å². The molecule has 1 aliphatic rings. The summed E-state index contributed by atoms with van der Waals surface area (Å²) in [6.45, 7) is 1.72. The quantitative estimate of drug-likeness (QED) is 0.710. The van der Waals surface area contributed by atoms with Gasteiger partial charge in [0.1, 0.15) is 0 Å². The molecule has 1 saturated heterocycles. The average Bonchev–Trinajstić information content (AvgIpc) is 2.81. The van der Waals surface area contributed by atoms with Crippen LogP contribution in [0, 0.1) is 0 Å². The van der Waals surface area contributed by atoms with Crippen molar-refractivity contribution in [3.8, 4) is 0 Å². The van der Waals surface area contributed by atoms with Gasteiger partial charge in [-0.05, 0) is 31.5 Å². The molecule has 16 heavy (non-hydrogen) atoms. The first-order chi connectivity index (χ1) is 7.84. The normalized spacial score (nSPS) is 19.4. The second-order valence-electron chi connectivity index (χ2n) is 3.87. The van der Waals surface area contributed by atoms with Crippen LogP contribution in [-0.4, -0.2) is 30.1 Å². The van der Waals surface area contributed by atoms with E-state index in [0.717, 1.165) is 13.0 Å². The fraction of sp³-hybridized carbons (Fsp3) is 0.455. The van der Waals surface area contributed by atoms with Crippen molar-refractivity contribution >= 4 is 11.7 Å². The number of anilines is 1. The molecule has 3 N–H and O–H groups in total. The third-order valence-corrected chi connectivity index (χ3v) is 2.59. The van der Waals surface area contributed by atoms with Gasteiger partial charge in [0.25, 0.3) is 0 Å². The molecule has 5 heteroatoms. The second kappa shape index (κ2) is 5.46. The Balaban J connectivity index is 1.72. The Labute approximate surface area is 94.6 Å². The number of urea groups is 1. The van der Waals surface area contributed by atoms with Gasteiger partial charge in [-0.25, -0.2) is 4.79 Å². The minimum Gasteiger partial charge on any atom is -0.336 e. The molecule has 1 unspecified atom stereocenters. The number of hydrogen-bond acceptors (Lipinski definition) is 3. The highest BCUT2D eigenvalue weighted by atomic mass is 16.2. The molecule has 2 rings (SSSR count). The topological polar surface area (TPSA) is 66.1 Å². The maximum atomic E-state index is 11.5. The molecular formula is C11H16N4O. The summed E-state index contributed by atoms with van der Waals surface area (Å²) < 4.78 is 0. The fourth-order valence-electron chi connectivity index (χ4n) is 1.76. The van der Waals surface area contributed by atoms with Crippen LogP contribution >= 0.6 is 0 Å². The lowest BCUT2D eigenvalue weighted by Crippen LogP contribution is -2.39. The molecule has 0 aromatic carbocycles. The van der Waals surface area contributed by atoms with Crippen LogP contribution in [0.2, 0.25) is 0 Å². The summed E-state index contributed by atoms with van der Waals surface area (Å²) >= 11 is 0. The maximum Gasteiger partial charge on any atom is 0.319 e. The van der Waals surface area contributed by atoms with Gasteiger partial charge in [-0.15, -0.1) is 0 Å². The maximum absolute atomic E-state index is 11.5. The van der Waals surface area contributed by atoms with E-state index in [-0.39, 0.29) is 6.03 Å². The number of amides is 2. The summed E-state index contributed by atoms with van der Waals surface area (Å²) in [7, 11) is 0. The van der Waals surface area contributed by atoms with Crippen LogP contribution in [0.15, 0.2) is 24.5 Å². The molecule has 1 fully saturated rings. The third kappa shape index (κ3) is 3.20. The molecule has 5 nitrogen and oxygen atoms in total. The van der Waals surface area contributed by atoms with E-state index in [1.165, 1.54) is 6.42 Å². The minimum atomic E-state index is -0.179. The number of aromatic nitrogens is 1.